The Morgan fingerprint density at radius 2 is 1.73 bits per heavy atom. The number of carbonyl (C=O) groups excluding carboxylic acids is 2. The normalized spacial score (nSPS) is 15.0. The van der Waals surface area contributed by atoms with Gasteiger partial charge in [-0.3, -0.25) is 4.79 Å². The average Bonchev–Trinajstić information content (AvgIpc) is 3.36. The van der Waals surface area contributed by atoms with Gasteiger partial charge in [0.1, 0.15) is 12.3 Å². The number of rotatable bonds is 8. The van der Waals surface area contributed by atoms with Crippen molar-refractivity contribution in [3.8, 4) is 5.75 Å². The maximum absolute atomic E-state index is 13.8. The molecule has 3 amide bonds. The van der Waals surface area contributed by atoms with Crippen molar-refractivity contribution in [1.29, 1.82) is 0 Å². The number of aromatic nitrogens is 1. The summed E-state index contributed by atoms with van der Waals surface area (Å²) in [7, 11) is 0. The molecule has 7 heteroatoms. The Balaban J connectivity index is 1.57. The second-order valence-corrected chi connectivity index (χ2v) is 10.0. The second kappa shape index (κ2) is 11.5. The van der Waals surface area contributed by atoms with E-state index < -0.39 is 0 Å². The molecule has 0 bridgehead atoms. The zero-order valence-corrected chi connectivity index (χ0v) is 22.5. The fourth-order valence-electron chi connectivity index (χ4n) is 4.83. The van der Waals surface area contributed by atoms with E-state index in [-0.39, 0.29) is 30.6 Å². The molecule has 0 saturated heterocycles. The molecule has 0 saturated carbocycles. The number of nitrogens with zero attached hydrogens (tertiary/aromatic N) is 3. The van der Waals surface area contributed by atoms with Crippen LogP contribution in [-0.4, -0.2) is 52.0 Å². The first-order chi connectivity index (χ1) is 17.8. The lowest BCUT2D eigenvalue weighted by Gasteiger charge is -2.39. The molecule has 0 fully saturated rings. The van der Waals surface area contributed by atoms with E-state index in [1.54, 1.807) is 11.0 Å². The highest BCUT2D eigenvalue weighted by molar-refractivity contribution is 5.94. The number of hydrogen-bond acceptors (Lipinski definition) is 3. The number of anilines is 1. The molecule has 0 spiro atoms. The Hall–Kier alpha value is -3.74. The van der Waals surface area contributed by atoms with Crippen molar-refractivity contribution in [3.05, 3.63) is 83.7 Å². The molecule has 2 heterocycles. The van der Waals surface area contributed by atoms with Crippen molar-refractivity contribution in [1.82, 2.24) is 14.4 Å². The van der Waals surface area contributed by atoms with Crippen molar-refractivity contribution in [2.45, 2.75) is 59.2 Å². The molecule has 1 unspecified atom stereocenters. The van der Waals surface area contributed by atoms with Gasteiger partial charge >= 0.3 is 6.03 Å². The lowest BCUT2D eigenvalue weighted by atomic mass is 9.95. The molecule has 1 aromatic heterocycles. The zero-order chi connectivity index (χ0) is 26.5. The Bertz CT molecular complexity index is 1220. The maximum atomic E-state index is 13.8. The summed E-state index contributed by atoms with van der Waals surface area (Å²) in [5.41, 5.74) is 4.01. The largest absolute Gasteiger partial charge is 0.492 e. The van der Waals surface area contributed by atoms with Crippen LogP contribution < -0.4 is 10.1 Å². The highest BCUT2D eigenvalue weighted by Gasteiger charge is 2.34. The molecule has 7 nitrogen and oxygen atoms in total. The van der Waals surface area contributed by atoms with Gasteiger partial charge in [-0.1, -0.05) is 50.2 Å². The van der Waals surface area contributed by atoms with E-state index >= 15 is 0 Å². The maximum Gasteiger partial charge on any atom is 0.322 e. The van der Waals surface area contributed by atoms with E-state index in [2.05, 4.69) is 60.3 Å². The number of carbonyl (C=O) groups is 2. The average molecular weight is 503 g/mol. The Morgan fingerprint density at radius 3 is 2.41 bits per heavy atom. The summed E-state index contributed by atoms with van der Waals surface area (Å²) < 4.78 is 7.87. The summed E-state index contributed by atoms with van der Waals surface area (Å²) in [6, 6.07) is 19.3. The molecule has 4 rings (SSSR count). The number of benzene rings is 2. The first kappa shape index (κ1) is 26.3. The van der Waals surface area contributed by atoms with Gasteiger partial charge in [-0.15, -0.1) is 0 Å². The summed E-state index contributed by atoms with van der Waals surface area (Å²) >= 11 is 0. The molecule has 1 aliphatic heterocycles. The number of ether oxygens (including phenoxy) is 1. The lowest BCUT2D eigenvalue weighted by Crippen LogP contribution is -2.50. The van der Waals surface area contributed by atoms with Crippen LogP contribution in [0.25, 0.3) is 0 Å². The number of amides is 3. The molecule has 1 N–H and O–H groups in total. The van der Waals surface area contributed by atoms with Gasteiger partial charge in [0.15, 0.2) is 0 Å². The predicted octanol–water partition coefficient (Wildman–Crippen LogP) is 5.88. The SMILES string of the molecule is CCOc1ccccc1NC(=O)N(CC(=O)N1CCn2cccc2C1c1ccc(C(C)C)cc1)C(C)C. The van der Waals surface area contributed by atoms with Crippen molar-refractivity contribution >= 4 is 17.6 Å². The summed E-state index contributed by atoms with van der Waals surface area (Å²) in [6.45, 7) is 11.9. The molecular weight excluding hydrogens is 464 g/mol. The minimum atomic E-state index is -0.325. The van der Waals surface area contributed by atoms with E-state index in [4.69, 9.17) is 4.74 Å². The molecule has 37 heavy (non-hydrogen) atoms. The fourth-order valence-corrected chi connectivity index (χ4v) is 4.83. The molecule has 0 aliphatic carbocycles. The van der Waals surface area contributed by atoms with Crippen molar-refractivity contribution in [2.24, 2.45) is 0 Å². The first-order valence-electron chi connectivity index (χ1n) is 13.1. The summed E-state index contributed by atoms with van der Waals surface area (Å²) in [6.07, 6.45) is 2.07. The highest BCUT2D eigenvalue weighted by Crippen LogP contribution is 2.33. The Kier molecular flexibility index (Phi) is 8.21. The molecule has 1 atom stereocenters. The molecule has 1 aliphatic rings. The van der Waals surface area contributed by atoms with Gasteiger partial charge in [0.2, 0.25) is 5.91 Å². The minimum absolute atomic E-state index is 0.0123. The van der Waals surface area contributed by atoms with Crippen molar-refractivity contribution < 1.29 is 14.3 Å². The van der Waals surface area contributed by atoms with E-state index in [1.165, 1.54) is 5.56 Å². The van der Waals surface area contributed by atoms with Crippen LogP contribution in [-0.2, 0) is 11.3 Å². The van der Waals surface area contributed by atoms with Gasteiger partial charge in [0, 0.05) is 31.0 Å². The van der Waals surface area contributed by atoms with E-state index in [1.807, 2.05) is 49.9 Å². The highest BCUT2D eigenvalue weighted by atomic mass is 16.5. The molecule has 2 aromatic carbocycles. The third-order valence-electron chi connectivity index (χ3n) is 6.90. The quantitative estimate of drug-likeness (QED) is 0.418. The van der Waals surface area contributed by atoms with Crippen molar-refractivity contribution in [3.63, 3.8) is 0 Å². The second-order valence-electron chi connectivity index (χ2n) is 10.0. The smallest absolute Gasteiger partial charge is 0.322 e. The summed E-state index contributed by atoms with van der Waals surface area (Å²) in [5, 5.41) is 2.94. The molecule has 0 radical (unpaired) electrons. The van der Waals surface area contributed by atoms with Crippen LogP contribution in [0.3, 0.4) is 0 Å². The molecule has 3 aromatic rings. The molecule has 196 valence electrons. The third-order valence-corrected chi connectivity index (χ3v) is 6.90. The van der Waals surface area contributed by atoms with Gasteiger partial charge < -0.3 is 24.4 Å². The number of fused-ring (bicyclic) bond motifs is 1. The van der Waals surface area contributed by atoms with Crippen LogP contribution in [0.15, 0.2) is 66.9 Å². The minimum Gasteiger partial charge on any atom is -0.492 e. The predicted molar refractivity (Wildman–Crippen MR) is 147 cm³/mol. The van der Waals surface area contributed by atoms with Gasteiger partial charge in [-0.25, -0.2) is 4.79 Å². The number of urea groups is 1. The monoisotopic (exact) mass is 502 g/mol. The first-order valence-corrected chi connectivity index (χ1v) is 13.1. The molecular formula is C30H38N4O3. The van der Waals surface area contributed by atoms with E-state index in [9.17, 15) is 9.59 Å². The van der Waals surface area contributed by atoms with E-state index in [0.29, 0.717) is 30.5 Å². The Labute approximate surface area is 220 Å². The Morgan fingerprint density at radius 1 is 1.00 bits per heavy atom. The number of nitrogens with one attached hydrogen (secondary N) is 1. The van der Waals surface area contributed by atoms with E-state index in [0.717, 1.165) is 17.8 Å². The van der Waals surface area contributed by atoms with Gasteiger partial charge in [0.25, 0.3) is 0 Å². The van der Waals surface area contributed by atoms with Gasteiger partial charge in [-0.2, -0.15) is 0 Å². The van der Waals surface area contributed by atoms with Gasteiger partial charge in [0.05, 0.1) is 18.3 Å². The zero-order valence-electron chi connectivity index (χ0n) is 22.5. The van der Waals surface area contributed by atoms with Crippen LogP contribution >= 0.6 is 0 Å². The number of hydrogen-bond donors (Lipinski definition) is 1. The van der Waals surface area contributed by atoms with Crippen LogP contribution in [0.5, 0.6) is 5.75 Å². The summed E-state index contributed by atoms with van der Waals surface area (Å²) in [5.74, 6) is 0.968. The van der Waals surface area contributed by atoms with Crippen LogP contribution in [0.2, 0.25) is 0 Å². The topological polar surface area (TPSA) is 66.8 Å². The lowest BCUT2D eigenvalue weighted by molar-refractivity contribution is -0.134. The fraction of sp³-hybridized carbons (Fsp3) is 0.400. The van der Waals surface area contributed by atoms with Crippen LogP contribution in [0, 0.1) is 0 Å². The van der Waals surface area contributed by atoms with Crippen LogP contribution in [0.4, 0.5) is 10.5 Å². The standard InChI is InChI=1S/C30H38N4O3/c1-6-37-27-12-8-7-10-25(27)31-30(36)34(22(4)5)20-28(35)33-19-18-32-17-9-11-26(32)29(33)24-15-13-23(14-16-24)21(2)3/h7-17,21-22,29H,6,18-20H2,1-5H3,(H,31,36). The third kappa shape index (κ3) is 5.82. The van der Waals surface area contributed by atoms with Gasteiger partial charge in [-0.05, 0) is 62.1 Å². The summed E-state index contributed by atoms with van der Waals surface area (Å²) in [4.78, 5) is 30.6. The van der Waals surface area contributed by atoms with Crippen molar-refractivity contribution in [2.75, 3.05) is 25.0 Å². The van der Waals surface area contributed by atoms with Crippen LogP contribution in [0.1, 0.15) is 63.4 Å². The number of para-hydroxylation sites is 2.